The minimum absolute atomic E-state index is 0. The Hall–Kier alpha value is -2.46. The van der Waals surface area contributed by atoms with Crippen LogP contribution in [0.4, 0.5) is 0 Å². The van der Waals surface area contributed by atoms with Crippen LogP contribution < -0.4 is 48.9 Å². The van der Waals surface area contributed by atoms with Gasteiger partial charge < -0.3 is 24.1 Å². The number of hydrogen-bond donors (Lipinski definition) is 0. The molecule has 1 aliphatic carbocycles. The van der Waals surface area contributed by atoms with Crippen molar-refractivity contribution in [1.82, 2.24) is 8.75 Å². The first-order valence-corrected chi connectivity index (χ1v) is 12.2. The fraction of sp³-hybridized carbons (Fsp3) is 0.385. The summed E-state index contributed by atoms with van der Waals surface area (Å²) in [5.41, 5.74) is 1.94. The van der Waals surface area contributed by atoms with Crippen molar-refractivity contribution in [2.75, 3.05) is 21.3 Å². The molecular weight excluding hydrogens is 491 g/mol. The second-order valence-electron chi connectivity index (χ2n) is 8.56. The summed E-state index contributed by atoms with van der Waals surface area (Å²) in [7, 11) is 4.41. The maximum Gasteiger partial charge on any atom is 1.00 e. The second-order valence-corrected chi connectivity index (χ2v) is 9.09. The predicted molar refractivity (Wildman–Crippen MR) is 131 cm³/mol. The fourth-order valence-electron chi connectivity index (χ4n) is 4.73. The summed E-state index contributed by atoms with van der Waals surface area (Å²) >= 11 is 1.05. The standard InChI is InChI=1S/C26H28N2O6S.Na/c1-32-21-13-17(14-22(33-2)25(21)34-3)24(29)18(11-15-7-5-4-6-8-15)23(26(30)31)16-9-10-19-20(12-16)28-35-27-19;/h9-10,12-15H,4-8,11H2,1-3H3,(H,30,31);/q;+1/p-1. The number of Topliss-reactive ketones (excluding diaryl/α,β-unsaturated/α-hetero) is 1. The number of carboxylic acids is 1. The molecule has 0 saturated heterocycles. The van der Waals surface area contributed by atoms with Gasteiger partial charge in [0.15, 0.2) is 17.3 Å². The molecule has 184 valence electrons. The molecule has 0 bridgehead atoms. The molecule has 3 aromatic rings. The number of nitrogens with zero attached hydrogens (tertiary/aromatic N) is 2. The Balaban J connectivity index is 0.00000361. The molecule has 0 atom stereocenters. The summed E-state index contributed by atoms with van der Waals surface area (Å²) in [6.45, 7) is 0. The summed E-state index contributed by atoms with van der Waals surface area (Å²) in [5.74, 6) is -0.617. The van der Waals surface area contributed by atoms with Gasteiger partial charge in [0.1, 0.15) is 11.0 Å². The average molecular weight is 519 g/mol. The topological polar surface area (TPSA) is 111 Å². The first-order valence-electron chi connectivity index (χ1n) is 11.5. The number of methoxy groups -OCH3 is 3. The number of aromatic nitrogens is 2. The SMILES string of the molecule is COc1cc(C(=O)C(CC2CCCCC2)=C(C(=O)[O-])c2ccc3nsnc3c2)cc(OC)c1OC.[Na+]. The monoisotopic (exact) mass is 518 g/mol. The molecule has 1 heterocycles. The average Bonchev–Trinajstić information content (AvgIpc) is 3.35. The van der Waals surface area contributed by atoms with Crippen LogP contribution in [-0.4, -0.2) is 41.8 Å². The first-order chi connectivity index (χ1) is 17.0. The van der Waals surface area contributed by atoms with Crippen molar-refractivity contribution < 1.29 is 58.5 Å². The molecule has 1 saturated carbocycles. The number of aliphatic carboxylic acids is 1. The molecular formula is C26H27N2NaO6S. The van der Waals surface area contributed by atoms with E-state index in [1.807, 2.05) is 0 Å². The third-order valence-electron chi connectivity index (χ3n) is 6.47. The normalized spacial score (nSPS) is 14.5. The number of fused-ring (bicyclic) bond motifs is 1. The van der Waals surface area contributed by atoms with Crippen LogP contribution in [0, 0.1) is 5.92 Å². The number of carbonyl (C=O) groups excluding carboxylic acids is 2. The molecule has 8 nitrogen and oxygen atoms in total. The van der Waals surface area contributed by atoms with Crippen LogP contribution in [0.3, 0.4) is 0 Å². The minimum atomic E-state index is -1.40. The number of ether oxygens (including phenoxy) is 3. The van der Waals surface area contributed by atoms with E-state index < -0.39 is 11.8 Å². The van der Waals surface area contributed by atoms with Crippen molar-refractivity contribution in [2.24, 2.45) is 5.92 Å². The number of carboxylic acid groups (broad SMARTS) is 1. The molecule has 1 aliphatic rings. The molecule has 0 aliphatic heterocycles. The molecule has 1 fully saturated rings. The van der Waals surface area contributed by atoms with Gasteiger partial charge in [-0.15, -0.1) is 0 Å². The maximum absolute atomic E-state index is 14.0. The third-order valence-corrected chi connectivity index (χ3v) is 7.02. The zero-order chi connectivity index (χ0) is 24.9. The second kappa shape index (κ2) is 12.7. The van der Waals surface area contributed by atoms with E-state index in [0.717, 1.165) is 43.8 Å². The van der Waals surface area contributed by atoms with E-state index in [-0.39, 0.29) is 52.2 Å². The Kier molecular flexibility index (Phi) is 9.90. The predicted octanol–water partition coefficient (Wildman–Crippen LogP) is 1.08. The molecule has 0 amide bonds. The van der Waals surface area contributed by atoms with Gasteiger partial charge in [-0.3, -0.25) is 4.79 Å². The van der Waals surface area contributed by atoms with E-state index in [1.54, 1.807) is 30.3 Å². The molecule has 0 N–H and O–H groups in total. The summed E-state index contributed by atoms with van der Waals surface area (Å²) in [6.07, 6.45) is 5.51. The summed E-state index contributed by atoms with van der Waals surface area (Å²) in [6, 6.07) is 8.10. The van der Waals surface area contributed by atoms with E-state index in [2.05, 4.69) is 8.75 Å². The van der Waals surface area contributed by atoms with E-state index in [4.69, 9.17) is 14.2 Å². The number of hydrogen-bond acceptors (Lipinski definition) is 9. The van der Waals surface area contributed by atoms with Crippen LogP contribution in [0.15, 0.2) is 35.9 Å². The molecule has 10 heteroatoms. The van der Waals surface area contributed by atoms with Gasteiger partial charge in [0, 0.05) is 16.7 Å². The van der Waals surface area contributed by atoms with Crippen molar-refractivity contribution >= 4 is 40.1 Å². The van der Waals surface area contributed by atoms with Gasteiger partial charge in [-0.05, 0) is 42.2 Å². The largest absolute Gasteiger partial charge is 1.00 e. The van der Waals surface area contributed by atoms with Gasteiger partial charge in [-0.1, -0.05) is 38.2 Å². The smallest absolute Gasteiger partial charge is 0.545 e. The van der Waals surface area contributed by atoms with Gasteiger partial charge in [0.05, 0.1) is 39.0 Å². The molecule has 2 aromatic carbocycles. The first kappa shape index (κ1) is 28.1. The van der Waals surface area contributed by atoms with E-state index in [1.165, 1.54) is 21.3 Å². The van der Waals surface area contributed by atoms with Crippen molar-refractivity contribution in [3.8, 4) is 17.2 Å². The summed E-state index contributed by atoms with van der Waals surface area (Å²) in [5, 5.41) is 12.5. The number of carbonyl (C=O) groups is 2. The van der Waals surface area contributed by atoms with Crippen LogP contribution in [-0.2, 0) is 4.79 Å². The zero-order valence-electron chi connectivity index (χ0n) is 21.0. The number of allylic oxidation sites excluding steroid dienone is 1. The molecule has 0 radical (unpaired) electrons. The van der Waals surface area contributed by atoms with Gasteiger partial charge in [0.25, 0.3) is 0 Å². The van der Waals surface area contributed by atoms with Crippen molar-refractivity contribution in [3.05, 3.63) is 47.0 Å². The van der Waals surface area contributed by atoms with Crippen molar-refractivity contribution in [2.45, 2.75) is 38.5 Å². The molecule has 0 spiro atoms. The van der Waals surface area contributed by atoms with E-state index in [0.29, 0.717) is 40.3 Å². The van der Waals surface area contributed by atoms with Crippen LogP contribution in [0.1, 0.15) is 54.4 Å². The van der Waals surface area contributed by atoms with Gasteiger partial charge in [-0.25, -0.2) is 0 Å². The van der Waals surface area contributed by atoms with Crippen LogP contribution in [0.2, 0.25) is 0 Å². The van der Waals surface area contributed by atoms with Gasteiger partial charge >= 0.3 is 29.6 Å². The Morgan fingerprint density at radius 1 is 0.917 bits per heavy atom. The quantitative estimate of drug-likeness (QED) is 0.235. The van der Waals surface area contributed by atoms with Crippen molar-refractivity contribution in [3.63, 3.8) is 0 Å². The molecule has 0 unspecified atom stereocenters. The van der Waals surface area contributed by atoms with Crippen LogP contribution >= 0.6 is 11.7 Å². The summed E-state index contributed by atoms with van der Waals surface area (Å²) in [4.78, 5) is 26.5. The van der Waals surface area contributed by atoms with Crippen LogP contribution in [0.25, 0.3) is 16.6 Å². The molecule has 1 aromatic heterocycles. The summed E-state index contributed by atoms with van der Waals surface area (Å²) < 4.78 is 24.6. The molecule has 4 rings (SSSR count). The third kappa shape index (κ3) is 5.91. The fourth-order valence-corrected chi connectivity index (χ4v) is 5.24. The number of ketones is 1. The van der Waals surface area contributed by atoms with Crippen LogP contribution in [0.5, 0.6) is 17.2 Å². The number of benzene rings is 2. The Morgan fingerprint density at radius 2 is 1.56 bits per heavy atom. The Morgan fingerprint density at radius 3 is 2.14 bits per heavy atom. The maximum atomic E-state index is 14.0. The Bertz CT molecular complexity index is 1260. The Labute approximate surface area is 236 Å². The minimum Gasteiger partial charge on any atom is -0.545 e. The van der Waals surface area contributed by atoms with Gasteiger partial charge in [0.2, 0.25) is 5.75 Å². The van der Waals surface area contributed by atoms with E-state index >= 15 is 0 Å². The zero-order valence-corrected chi connectivity index (χ0v) is 23.8. The van der Waals surface area contributed by atoms with Crippen molar-refractivity contribution in [1.29, 1.82) is 0 Å². The van der Waals surface area contributed by atoms with Gasteiger partial charge in [-0.2, -0.15) is 8.75 Å². The molecule has 36 heavy (non-hydrogen) atoms. The number of rotatable bonds is 9. The van der Waals surface area contributed by atoms with E-state index in [9.17, 15) is 14.7 Å².